The predicted octanol–water partition coefficient (Wildman–Crippen LogP) is 3.84. The Morgan fingerprint density at radius 2 is 2.00 bits per heavy atom. The van der Waals surface area contributed by atoms with Crippen molar-refractivity contribution >= 4 is 23.4 Å². The van der Waals surface area contributed by atoms with E-state index in [9.17, 15) is 18.0 Å². The first-order valence-corrected chi connectivity index (χ1v) is 9.63. The zero-order valence-corrected chi connectivity index (χ0v) is 15.4. The van der Waals surface area contributed by atoms with E-state index in [1.807, 2.05) is 18.2 Å². The van der Waals surface area contributed by atoms with Gasteiger partial charge in [-0.05, 0) is 36.6 Å². The third kappa shape index (κ3) is 5.63. The highest BCUT2D eigenvalue weighted by Gasteiger charge is 2.30. The van der Waals surface area contributed by atoms with Crippen LogP contribution >= 0.6 is 11.8 Å². The molecule has 1 N–H and O–H groups in total. The normalized spacial score (nSPS) is 17.1. The number of benzene rings is 1. The Hall–Kier alpha value is -2.22. The van der Waals surface area contributed by atoms with E-state index >= 15 is 0 Å². The number of para-hydroxylation sites is 1. The van der Waals surface area contributed by atoms with Gasteiger partial charge in [0.15, 0.2) is 0 Å². The van der Waals surface area contributed by atoms with E-state index in [0.717, 1.165) is 43.5 Å². The third-order valence-corrected chi connectivity index (χ3v) is 5.35. The van der Waals surface area contributed by atoms with Crippen molar-refractivity contribution < 1.29 is 18.0 Å². The number of carbonyl (C=O) groups excluding carboxylic acids is 1. The molecule has 3 rings (SSSR count). The molecule has 0 spiro atoms. The van der Waals surface area contributed by atoms with Gasteiger partial charge in [0.2, 0.25) is 5.91 Å². The molecule has 0 aliphatic carbocycles. The first-order valence-electron chi connectivity index (χ1n) is 8.64. The first-order chi connectivity index (χ1) is 12.9. The van der Waals surface area contributed by atoms with E-state index in [-0.39, 0.29) is 11.7 Å². The summed E-state index contributed by atoms with van der Waals surface area (Å²) >= 11 is 1.13. The number of hydrogen-bond donors (Lipinski definition) is 1. The Kier molecular flexibility index (Phi) is 6.26. The van der Waals surface area contributed by atoms with Gasteiger partial charge in [-0.2, -0.15) is 13.2 Å². The molecule has 2 heterocycles. The van der Waals surface area contributed by atoms with Gasteiger partial charge in [0, 0.05) is 31.5 Å². The summed E-state index contributed by atoms with van der Waals surface area (Å²) in [4.78, 5) is 18.1. The molecule has 1 aromatic carbocycles. The van der Waals surface area contributed by atoms with E-state index in [2.05, 4.69) is 27.3 Å². The molecule has 1 aliphatic rings. The number of hydrogen-bond acceptors (Lipinski definition) is 4. The fraction of sp³-hybridized carbons (Fsp3) is 0.368. The molecule has 0 bridgehead atoms. The molecule has 1 unspecified atom stereocenters. The Morgan fingerprint density at radius 3 is 2.67 bits per heavy atom. The number of nitrogens with one attached hydrogen (secondary N) is 1. The van der Waals surface area contributed by atoms with Gasteiger partial charge in [-0.25, -0.2) is 4.98 Å². The maximum absolute atomic E-state index is 12.5. The van der Waals surface area contributed by atoms with Gasteiger partial charge >= 0.3 is 6.18 Å². The molecule has 1 aromatic heterocycles. The quantitative estimate of drug-likeness (QED) is 0.755. The average Bonchev–Trinajstić information content (AvgIpc) is 3.14. The van der Waals surface area contributed by atoms with Crippen molar-refractivity contribution in [1.82, 2.24) is 10.3 Å². The van der Waals surface area contributed by atoms with Gasteiger partial charge < -0.3 is 10.2 Å². The molecular weight excluding hydrogens is 375 g/mol. The van der Waals surface area contributed by atoms with Gasteiger partial charge in [-0.15, -0.1) is 0 Å². The summed E-state index contributed by atoms with van der Waals surface area (Å²) in [6.45, 7) is 2.47. The summed E-state index contributed by atoms with van der Waals surface area (Å²) in [7, 11) is 0. The molecule has 1 atom stereocenters. The molecule has 0 saturated carbocycles. The van der Waals surface area contributed by atoms with Gasteiger partial charge in [-0.3, -0.25) is 4.79 Å². The van der Waals surface area contributed by atoms with Crippen molar-refractivity contribution in [2.45, 2.75) is 17.6 Å². The fourth-order valence-electron chi connectivity index (χ4n) is 2.95. The van der Waals surface area contributed by atoms with Gasteiger partial charge in [-0.1, -0.05) is 30.0 Å². The highest BCUT2D eigenvalue weighted by molar-refractivity contribution is 7.99. The van der Waals surface area contributed by atoms with E-state index in [1.165, 1.54) is 11.8 Å². The Balaban J connectivity index is 1.39. The maximum Gasteiger partial charge on any atom is 0.417 e. The zero-order chi connectivity index (χ0) is 19.3. The number of thioether (sulfide) groups is 1. The van der Waals surface area contributed by atoms with Crippen molar-refractivity contribution in [3.05, 3.63) is 54.2 Å². The predicted molar refractivity (Wildman–Crippen MR) is 99.7 cm³/mol. The standard InChI is InChI=1S/C19H20F3N3OS/c20-19(21,22)15-6-7-18(24-11-15)27-13-17(26)23-10-14-8-9-25(12-14)16-4-2-1-3-5-16/h1-7,11,14H,8-10,12-13H2,(H,23,26). The Bertz CT molecular complexity index is 753. The molecule has 4 nitrogen and oxygen atoms in total. The first kappa shape index (κ1) is 19.5. The lowest BCUT2D eigenvalue weighted by Crippen LogP contribution is -2.32. The van der Waals surface area contributed by atoms with Crippen LogP contribution < -0.4 is 10.2 Å². The minimum absolute atomic E-state index is 0.132. The van der Waals surface area contributed by atoms with Crippen molar-refractivity contribution in [2.24, 2.45) is 5.92 Å². The Labute approximate surface area is 160 Å². The van der Waals surface area contributed by atoms with E-state index < -0.39 is 11.7 Å². The van der Waals surface area contributed by atoms with Crippen molar-refractivity contribution in [2.75, 3.05) is 30.3 Å². The summed E-state index contributed by atoms with van der Waals surface area (Å²) < 4.78 is 37.5. The Morgan fingerprint density at radius 1 is 1.22 bits per heavy atom. The average molecular weight is 395 g/mol. The van der Waals surface area contributed by atoms with Crippen LogP contribution in [0.2, 0.25) is 0 Å². The second-order valence-electron chi connectivity index (χ2n) is 6.41. The number of pyridine rings is 1. The monoisotopic (exact) mass is 395 g/mol. The molecule has 144 valence electrons. The highest BCUT2D eigenvalue weighted by Crippen LogP contribution is 2.29. The number of amides is 1. The molecule has 1 amide bonds. The fourth-order valence-corrected chi connectivity index (χ4v) is 3.63. The lowest BCUT2D eigenvalue weighted by molar-refractivity contribution is -0.137. The number of aromatic nitrogens is 1. The van der Waals surface area contributed by atoms with Crippen LogP contribution in [0.5, 0.6) is 0 Å². The summed E-state index contributed by atoms with van der Waals surface area (Å²) in [5.74, 6) is 0.385. The summed E-state index contributed by atoms with van der Waals surface area (Å²) in [5.41, 5.74) is 0.399. The molecule has 1 aliphatic heterocycles. The summed E-state index contributed by atoms with van der Waals surface area (Å²) in [6, 6.07) is 12.4. The van der Waals surface area contributed by atoms with Crippen LogP contribution in [0, 0.1) is 5.92 Å². The number of carbonyl (C=O) groups is 1. The number of rotatable bonds is 6. The van der Waals surface area contributed by atoms with E-state index in [4.69, 9.17) is 0 Å². The van der Waals surface area contributed by atoms with E-state index in [0.29, 0.717) is 17.5 Å². The van der Waals surface area contributed by atoms with Crippen LogP contribution in [0.1, 0.15) is 12.0 Å². The maximum atomic E-state index is 12.5. The lowest BCUT2D eigenvalue weighted by atomic mass is 10.1. The van der Waals surface area contributed by atoms with Gasteiger partial charge in [0.05, 0.1) is 16.3 Å². The highest BCUT2D eigenvalue weighted by atomic mass is 32.2. The van der Waals surface area contributed by atoms with Crippen LogP contribution in [0.4, 0.5) is 18.9 Å². The number of alkyl halides is 3. The second kappa shape index (κ2) is 8.65. The molecule has 8 heteroatoms. The van der Waals surface area contributed by atoms with E-state index in [1.54, 1.807) is 0 Å². The minimum atomic E-state index is -4.40. The van der Waals surface area contributed by atoms with Gasteiger partial charge in [0.1, 0.15) is 0 Å². The minimum Gasteiger partial charge on any atom is -0.371 e. The van der Waals surface area contributed by atoms with Crippen LogP contribution in [0.3, 0.4) is 0 Å². The van der Waals surface area contributed by atoms with Crippen molar-refractivity contribution in [3.63, 3.8) is 0 Å². The van der Waals surface area contributed by atoms with Crippen LogP contribution in [0.15, 0.2) is 53.7 Å². The number of nitrogens with zero attached hydrogens (tertiary/aromatic N) is 2. The number of halogens is 3. The molecule has 2 aromatic rings. The largest absolute Gasteiger partial charge is 0.417 e. The molecular formula is C19H20F3N3OS. The van der Waals surface area contributed by atoms with Crippen molar-refractivity contribution in [1.29, 1.82) is 0 Å². The third-order valence-electron chi connectivity index (χ3n) is 4.41. The lowest BCUT2D eigenvalue weighted by Gasteiger charge is -2.18. The summed E-state index contributed by atoms with van der Waals surface area (Å²) in [5, 5.41) is 3.31. The van der Waals surface area contributed by atoms with Crippen molar-refractivity contribution in [3.8, 4) is 0 Å². The zero-order valence-electron chi connectivity index (χ0n) is 14.6. The number of anilines is 1. The topological polar surface area (TPSA) is 45.2 Å². The molecule has 1 saturated heterocycles. The van der Waals surface area contributed by atoms with Gasteiger partial charge in [0.25, 0.3) is 0 Å². The molecule has 0 radical (unpaired) electrons. The molecule has 27 heavy (non-hydrogen) atoms. The SMILES string of the molecule is O=C(CSc1ccc(C(F)(F)F)cn1)NCC1CCN(c2ccccc2)C1. The smallest absolute Gasteiger partial charge is 0.371 e. The van der Waals surface area contributed by atoms with Crippen LogP contribution in [-0.4, -0.2) is 36.3 Å². The second-order valence-corrected chi connectivity index (χ2v) is 7.41. The summed E-state index contributed by atoms with van der Waals surface area (Å²) in [6.07, 6.45) is -2.60. The van der Waals surface area contributed by atoms with Crippen LogP contribution in [0.25, 0.3) is 0 Å². The molecule has 1 fully saturated rings. The van der Waals surface area contributed by atoms with Crippen LogP contribution in [-0.2, 0) is 11.0 Å².